The summed E-state index contributed by atoms with van der Waals surface area (Å²) in [4.78, 5) is 30.4. The molecular weight excluding hydrogens is 521 g/mol. The van der Waals surface area contributed by atoms with Crippen LogP contribution in [0.4, 0.5) is 4.79 Å². The molecule has 0 aromatic heterocycles. The van der Waals surface area contributed by atoms with Gasteiger partial charge in [0.2, 0.25) is 0 Å². The van der Waals surface area contributed by atoms with E-state index in [4.69, 9.17) is 4.74 Å². The lowest BCUT2D eigenvalue weighted by Gasteiger charge is -2.19. The summed E-state index contributed by atoms with van der Waals surface area (Å²) < 4.78 is 5.21. The number of benzene rings is 1. The SMILES string of the molecule is CCNC(=NCc1ccc(C(=O)N(CC)CC)cc1)NCCCNC(=O)OC(C)(C)C.I. The quantitative estimate of drug-likeness (QED) is 0.175. The number of carbonyl (C=O) groups is 2. The average Bonchev–Trinajstić information content (AvgIpc) is 2.71. The molecular formula is C23H40IN5O3. The van der Waals surface area contributed by atoms with Gasteiger partial charge in [-0.25, -0.2) is 9.79 Å². The van der Waals surface area contributed by atoms with Crippen molar-refractivity contribution < 1.29 is 14.3 Å². The third-order valence-corrected chi connectivity index (χ3v) is 4.33. The predicted molar refractivity (Wildman–Crippen MR) is 141 cm³/mol. The summed E-state index contributed by atoms with van der Waals surface area (Å²) in [7, 11) is 0. The first-order valence-corrected chi connectivity index (χ1v) is 11.1. The highest BCUT2D eigenvalue weighted by atomic mass is 127. The van der Waals surface area contributed by atoms with Crippen molar-refractivity contribution in [3.8, 4) is 0 Å². The Bertz CT molecular complexity index is 713. The minimum atomic E-state index is -0.496. The van der Waals surface area contributed by atoms with Gasteiger partial charge in [0, 0.05) is 38.3 Å². The van der Waals surface area contributed by atoms with Gasteiger partial charge in [-0.05, 0) is 65.7 Å². The van der Waals surface area contributed by atoms with Crippen molar-refractivity contribution in [2.45, 2.75) is 60.1 Å². The number of carbonyl (C=O) groups excluding carboxylic acids is 2. The van der Waals surface area contributed by atoms with Gasteiger partial charge >= 0.3 is 6.09 Å². The third-order valence-electron chi connectivity index (χ3n) is 4.33. The Morgan fingerprint density at radius 3 is 2.09 bits per heavy atom. The fourth-order valence-electron chi connectivity index (χ4n) is 2.76. The Hall–Kier alpha value is -2.04. The zero-order valence-electron chi connectivity index (χ0n) is 20.3. The molecule has 0 unspecified atom stereocenters. The van der Waals surface area contributed by atoms with Gasteiger partial charge in [0.1, 0.15) is 5.60 Å². The first-order chi connectivity index (χ1) is 14.7. The number of nitrogens with zero attached hydrogens (tertiary/aromatic N) is 2. The molecule has 1 rings (SSSR count). The highest BCUT2D eigenvalue weighted by Gasteiger charge is 2.15. The number of aliphatic imine (C=N–C) groups is 1. The highest BCUT2D eigenvalue weighted by Crippen LogP contribution is 2.09. The second-order valence-corrected chi connectivity index (χ2v) is 8.08. The van der Waals surface area contributed by atoms with Crippen LogP contribution in [0.2, 0.25) is 0 Å². The van der Waals surface area contributed by atoms with Gasteiger partial charge in [-0.3, -0.25) is 4.79 Å². The van der Waals surface area contributed by atoms with Crippen molar-refractivity contribution in [2.75, 3.05) is 32.7 Å². The summed E-state index contributed by atoms with van der Waals surface area (Å²) >= 11 is 0. The van der Waals surface area contributed by atoms with E-state index in [1.165, 1.54) is 0 Å². The third kappa shape index (κ3) is 12.1. The number of rotatable bonds is 10. The molecule has 2 amide bonds. The Balaban J connectivity index is 0.00000961. The minimum Gasteiger partial charge on any atom is -0.444 e. The molecule has 0 bridgehead atoms. The van der Waals surface area contributed by atoms with E-state index in [0.717, 1.165) is 18.5 Å². The molecule has 0 aliphatic carbocycles. The zero-order chi connectivity index (χ0) is 23.3. The van der Waals surface area contributed by atoms with E-state index >= 15 is 0 Å². The second kappa shape index (κ2) is 15.7. The van der Waals surface area contributed by atoms with E-state index in [1.54, 1.807) is 4.90 Å². The molecule has 0 radical (unpaired) electrons. The molecule has 0 aliphatic rings. The molecule has 8 nitrogen and oxygen atoms in total. The van der Waals surface area contributed by atoms with Crippen molar-refractivity contribution in [2.24, 2.45) is 4.99 Å². The molecule has 0 atom stereocenters. The number of halogens is 1. The first kappa shape index (κ1) is 30.0. The molecule has 0 spiro atoms. The van der Waals surface area contributed by atoms with E-state index < -0.39 is 11.7 Å². The van der Waals surface area contributed by atoms with E-state index in [0.29, 0.717) is 44.2 Å². The topological polar surface area (TPSA) is 95.1 Å². The monoisotopic (exact) mass is 561 g/mol. The summed E-state index contributed by atoms with van der Waals surface area (Å²) in [5.41, 5.74) is 1.23. The van der Waals surface area contributed by atoms with Crippen molar-refractivity contribution in [1.82, 2.24) is 20.9 Å². The largest absolute Gasteiger partial charge is 0.444 e. The van der Waals surface area contributed by atoms with Crippen molar-refractivity contribution in [1.29, 1.82) is 0 Å². The Morgan fingerprint density at radius 1 is 0.969 bits per heavy atom. The molecule has 3 N–H and O–H groups in total. The lowest BCUT2D eigenvalue weighted by atomic mass is 10.1. The number of hydrogen-bond acceptors (Lipinski definition) is 4. The van der Waals surface area contributed by atoms with Gasteiger partial charge in [0.05, 0.1) is 6.54 Å². The lowest BCUT2D eigenvalue weighted by Crippen LogP contribution is -2.39. The van der Waals surface area contributed by atoms with E-state index in [1.807, 2.05) is 65.8 Å². The van der Waals surface area contributed by atoms with Crippen LogP contribution >= 0.6 is 24.0 Å². The maximum absolute atomic E-state index is 12.4. The molecule has 1 aromatic carbocycles. The van der Waals surface area contributed by atoms with Crippen LogP contribution in [0.5, 0.6) is 0 Å². The summed E-state index contributed by atoms with van der Waals surface area (Å²) in [6, 6.07) is 7.59. The van der Waals surface area contributed by atoms with Crippen molar-refractivity contribution in [3.05, 3.63) is 35.4 Å². The molecule has 9 heteroatoms. The molecule has 0 heterocycles. The standard InChI is InChI=1S/C23H39N5O3.HI/c1-7-24-21(25-15-10-16-26-22(30)31-23(4,5)6)27-17-18-11-13-19(14-12-18)20(29)28(8-2)9-3;/h11-14H,7-10,15-17H2,1-6H3,(H,26,30)(H2,24,25,27);1H. The lowest BCUT2D eigenvalue weighted by molar-refractivity contribution is 0.0527. The van der Waals surface area contributed by atoms with Gasteiger partial charge in [0.15, 0.2) is 5.96 Å². The molecule has 1 aromatic rings. The Morgan fingerprint density at radius 2 is 1.56 bits per heavy atom. The van der Waals surface area contributed by atoms with Crippen LogP contribution in [0.15, 0.2) is 29.3 Å². The maximum atomic E-state index is 12.4. The van der Waals surface area contributed by atoms with Gasteiger partial charge in [0.25, 0.3) is 5.91 Å². The van der Waals surface area contributed by atoms with E-state index in [-0.39, 0.29) is 29.9 Å². The van der Waals surface area contributed by atoms with E-state index in [9.17, 15) is 9.59 Å². The Labute approximate surface area is 210 Å². The number of guanidine groups is 1. The van der Waals surface area contributed by atoms with Crippen LogP contribution in [0.1, 0.15) is 63.9 Å². The van der Waals surface area contributed by atoms with Crippen LogP contribution in [0.3, 0.4) is 0 Å². The molecule has 0 fully saturated rings. The van der Waals surface area contributed by atoms with Crippen LogP contribution < -0.4 is 16.0 Å². The van der Waals surface area contributed by atoms with Crippen LogP contribution in [-0.2, 0) is 11.3 Å². The van der Waals surface area contributed by atoms with Gasteiger partial charge in [-0.2, -0.15) is 0 Å². The Kier molecular flexibility index (Phi) is 14.7. The van der Waals surface area contributed by atoms with Crippen LogP contribution in [0, 0.1) is 0 Å². The average molecular weight is 562 g/mol. The second-order valence-electron chi connectivity index (χ2n) is 8.08. The van der Waals surface area contributed by atoms with Gasteiger partial charge in [-0.1, -0.05) is 12.1 Å². The van der Waals surface area contributed by atoms with Gasteiger partial charge in [-0.15, -0.1) is 24.0 Å². The minimum absolute atomic E-state index is 0. The zero-order valence-corrected chi connectivity index (χ0v) is 22.6. The summed E-state index contributed by atoms with van der Waals surface area (Å²) in [6.45, 7) is 15.3. The summed E-state index contributed by atoms with van der Waals surface area (Å²) in [5, 5.41) is 9.21. The maximum Gasteiger partial charge on any atom is 0.407 e. The molecule has 32 heavy (non-hydrogen) atoms. The summed E-state index contributed by atoms with van der Waals surface area (Å²) in [5.74, 6) is 0.762. The number of nitrogens with one attached hydrogen (secondary N) is 3. The van der Waals surface area contributed by atoms with E-state index in [2.05, 4.69) is 20.9 Å². The predicted octanol–water partition coefficient (Wildman–Crippen LogP) is 3.76. The number of alkyl carbamates (subject to hydrolysis) is 1. The fraction of sp³-hybridized carbons (Fsp3) is 0.609. The molecule has 182 valence electrons. The molecule has 0 saturated carbocycles. The number of ether oxygens (including phenoxy) is 1. The molecule has 0 saturated heterocycles. The van der Waals surface area contributed by atoms with Crippen molar-refractivity contribution >= 4 is 41.9 Å². The normalized spacial score (nSPS) is 11.2. The van der Waals surface area contributed by atoms with Crippen LogP contribution in [-0.4, -0.2) is 61.2 Å². The smallest absolute Gasteiger partial charge is 0.407 e. The number of hydrogen-bond donors (Lipinski definition) is 3. The van der Waals surface area contributed by atoms with Crippen LogP contribution in [0.25, 0.3) is 0 Å². The molecule has 0 aliphatic heterocycles. The summed E-state index contributed by atoms with van der Waals surface area (Å²) in [6.07, 6.45) is 0.335. The first-order valence-electron chi connectivity index (χ1n) is 11.1. The fourth-order valence-corrected chi connectivity index (χ4v) is 2.76. The van der Waals surface area contributed by atoms with Crippen molar-refractivity contribution in [3.63, 3.8) is 0 Å². The highest BCUT2D eigenvalue weighted by molar-refractivity contribution is 14.0. The van der Waals surface area contributed by atoms with Gasteiger partial charge < -0.3 is 25.6 Å². The number of amides is 2.